The monoisotopic (exact) mass is 268 g/mol. The Labute approximate surface area is 114 Å². The molecule has 1 aromatic heterocycles. The first kappa shape index (κ1) is 13.9. The van der Waals surface area contributed by atoms with E-state index in [0.29, 0.717) is 18.4 Å². The van der Waals surface area contributed by atoms with Crippen molar-refractivity contribution in [2.75, 3.05) is 11.5 Å². The summed E-state index contributed by atoms with van der Waals surface area (Å²) in [6, 6.07) is 2.42. The highest BCUT2D eigenvalue weighted by Gasteiger charge is 2.18. The van der Waals surface area contributed by atoms with Crippen molar-refractivity contribution >= 4 is 11.8 Å². The lowest BCUT2D eigenvalue weighted by Gasteiger charge is -2.23. The van der Waals surface area contributed by atoms with Crippen molar-refractivity contribution in [3.63, 3.8) is 0 Å². The number of nitrogens with zero attached hydrogens (tertiary/aromatic N) is 2. The van der Waals surface area contributed by atoms with Gasteiger partial charge < -0.3 is 5.11 Å². The Bertz CT molecular complexity index is 358. The van der Waals surface area contributed by atoms with E-state index in [1.807, 2.05) is 28.7 Å². The number of aromatic nitrogens is 2. The van der Waals surface area contributed by atoms with Crippen molar-refractivity contribution in [2.24, 2.45) is 5.92 Å². The second-order valence-corrected chi connectivity index (χ2v) is 6.75. The molecule has 2 rings (SSSR count). The molecular weight excluding hydrogens is 244 g/mol. The van der Waals surface area contributed by atoms with Crippen LogP contribution < -0.4 is 0 Å². The number of hydrogen-bond donors (Lipinski definition) is 1. The van der Waals surface area contributed by atoms with Gasteiger partial charge in [0.25, 0.3) is 0 Å². The Morgan fingerprint density at radius 3 is 2.78 bits per heavy atom. The fraction of sp³-hybridized carbons (Fsp3) is 0.786. The zero-order valence-corrected chi connectivity index (χ0v) is 12.2. The minimum atomic E-state index is -0.228. The molecule has 0 amide bonds. The fourth-order valence-corrected chi connectivity index (χ4v) is 3.67. The summed E-state index contributed by atoms with van der Waals surface area (Å²) in [4.78, 5) is 0. The summed E-state index contributed by atoms with van der Waals surface area (Å²) in [5.74, 6) is 3.24. The Morgan fingerprint density at radius 1 is 1.44 bits per heavy atom. The quantitative estimate of drug-likeness (QED) is 0.892. The van der Waals surface area contributed by atoms with Gasteiger partial charge in [0.1, 0.15) is 0 Å². The third-order valence-electron chi connectivity index (χ3n) is 3.58. The lowest BCUT2D eigenvalue weighted by atomic mass is 9.94. The van der Waals surface area contributed by atoms with Gasteiger partial charge in [-0.2, -0.15) is 16.9 Å². The Morgan fingerprint density at radius 2 is 2.17 bits per heavy atom. The van der Waals surface area contributed by atoms with Gasteiger partial charge in [0, 0.05) is 18.7 Å². The molecule has 1 aliphatic heterocycles. The molecule has 2 heterocycles. The maximum Gasteiger partial charge on any atom is 0.0650 e. The molecule has 1 aromatic rings. The highest BCUT2D eigenvalue weighted by atomic mass is 32.2. The van der Waals surface area contributed by atoms with Crippen molar-refractivity contribution in [1.82, 2.24) is 9.78 Å². The molecule has 1 atom stereocenters. The van der Waals surface area contributed by atoms with Gasteiger partial charge in [-0.3, -0.25) is 4.68 Å². The van der Waals surface area contributed by atoms with Gasteiger partial charge >= 0.3 is 0 Å². The predicted molar refractivity (Wildman–Crippen MR) is 77.0 cm³/mol. The van der Waals surface area contributed by atoms with Gasteiger partial charge in [-0.15, -0.1) is 0 Å². The van der Waals surface area contributed by atoms with E-state index >= 15 is 0 Å². The lowest BCUT2D eigenvalue weighted by Crippen LogP contribution is -2.20. The van der Waals surface area contributed by atoms with Crippen LogP contribution in [0.25, 0.3) is 0 Å². The summed E-state index contributed by atoms with van der Waals surface area (Å²) in [7, 11) is 0. The smallest absolute Gasteiger partial charge is 0.0650 e. The molecule has 18 heavy (non-hydrogen) atoms. The third kappa shape index (κ3) is 4.02. The van der Waals surface area contributed by atoms with Gasteiger partial charge in [-0.05, 0) is 56.6 Å². The van der Waals surface area contributed by atoms with Crippen LogP contribution in [0.3, 0.4) is 0 Å². The van der Waals surface area contributed by atoms with Gasteiger partial charge in [0.15, 0.2) is 0 Å². The van der Waals surface area contributed by atoms with Crippen molar-refractivity contribution in [2.45, 2.75) is 51.7 Å². The molecule has 0 aromatic carbocycles. The zero-order valence-electron chi connectivity index (χ0n) is 11.4. The number of aliphatic hydroxyl groups is 1. The first-order valence-electron chi connectivity index (χ1n) is 6.95. The maximum atomic E-state index is 10.1. The average Bonchev–Trinajstić information content (AvgIpc) is 2.78. The summed E-state index contributed by atoms with van der Waals surface area (Å²) in [5, 5.41) is 14.6. The van der Waals surface area contributed by atoms with E-state index in [1.165, 1.54) is 24.3 Å². The van der Waals surface area contributed by atoms with Crippen LogP contribution in [-0.2, 0) is 6.42 Å². The van der Waals surface area contributed by atoms with Crippen LogP contribution in [0.2, 0.25) is 0 Å². The largest absolute Gasteiger partial charge is 0.393 e. The van der Waals surface area contributed by atoms with Crippen molar-refractivity contribution in [1.29, 1.82) is 0 Å². The van der Waals surface area contributed by atoms with Crippen LogP contribution in [-0.4, -0.2) is 32.5 Å². The number of aliphatic hydroxyl groups excluding tert-OH is 1. The van der Waals surface area contributed by atoms with Crippen LogP contribution in [0, 0.1) is 5.92 Å². The van der Waals surface area contributed by atoms with Crippen molar-refractivity contribution in [3.8, 4) is 0 Å². The average molecular weight is 268 g/mol. The molecule has 3 nitrogen and oxygen atoms in total. The highest BCUT2D eigenvalue weighted by Crippen LogP contribution is 2.26. The Hall–Kier alpha value is -0.480. The fourth-order valence-electron chi connectivity index (χ4n) is 2.47. The SMILES string of the molecule is CC(C)n1ccc(CC(O)CC2CCSCC2)n1. The predicted octanol–water partition coefficient (Wildman–Crippen LogP) is 2.90. The second kappa shape index (κ2) is 6.62. The molecule has 1 unspecified atom stereocenters. The molecule has 0 saturated carbocycles. The molecule has 1 saturated heterocycles. The molecule has 0 aliphatic carbocycles. The second-order valence-electron chi connectivity index (χ2n) is 5.53. The molecule has 0 spiro atoms. The minimum absolute atomic E-state index is 0.228. The first-order valence-corrected chi connectivity index (χ1v) is 8.10. The first-order chi connectivity index (χ1) is 8.65. The van der Waals surface area contributed by atoms with E-state index in [4.69, 9.17) is 0 Å². The van der Waals surface area contributed by atoms with Crippen LogP contribution in [0.15, 0.2) is 12.3 Å². The van der Waals surface area contributed by atoms with Gasteiger partial charge in [0.05, 0.1) is 11.8 Å². The highest BCUT2D eigenvalue weighted by molar-refractivity contribution is 7.99. The third-order valence-corrected chi connectivity index (χ3v) is 4.63. The molecule has 4 heteroatoms. The van der Waals surface area contributed by atoms with E-state index in [-0.39, 0.29) is 6.10 Å². The van der Waals surface area contributed by atoms with E-state index in [9.17, 15) is 5.11 Å². The summed E-state index contributed by atoms with van der Waals surface area (Å²) in [5.41, 5.74) is 1.02. The van der Waals surface area contributed by atoms with Crippen LogP contribution in [0.4, 0.5) is 0 Å². The Kier molecular flexibility index (Phi) is 5.13. The summed E-state index contributed by atoms with van der Waals surface area (Å²) < 4.78 is 1.96. The molecule has 0 bridgehead atoms. The number of thioether (sulfide) groups is 1. The topological polar surface area (TPSA) is 38.0 Å². The lowest BCUT2D eigenvalue weighted by molar-refractivity contribution is 0.138. The summed E-state index contributed by atoms with van der Waals surface area (Å²) in [6.07, 6.45) is 5.95. The van der Waals surface area contributed by atoms with Gasteiger partial charge in [-0.25, -0.2) is 0 Å². The molecule has 102 valence electrons. The molecule has 0 radical (unpaired) electrons. The van der Waals surface area contributed by atoms with Crippen LogP contribution in [0.5, 0.6) is 0 Å². The molecular formula is C14H24N2OS. The van der Waals surface area contributed by atoms with Crippen molar-refractivity contribution in [3.05, 3.63) is 18.0 Å². The number of rotatable bonds is 5. The molecule has 1 N–H and O–H groups in total. The zero-order chi connectivity index (χ0) is 13.0. The van der Waals surface area contributed by atoms with Crippen LogP contribution >= 0.6 is 11.8 Å². The normalized spacial score (nSPS) is 19.3. The molecule has 1 aliphatic rings. The maximum absolute atomic E-state index is 10.1. The van der Waals surface area contributed by atoms with E-state index in [0.717, 1.165) is 12.1 Å². The van der Waals surface area contributed by atoms with E-state index < -0.39 is 0 Å². The van der Waals surface area contributed by atoms with E-state index in [2.05, 4.69) is 18.9 Å². The molecule has 1 fully saturated rings. The summed E-state index contributed by atoms with van der Waals surface area (Å²) >= 11 is 2.04. The standard InChI is InChI=1S/C14H24N2OS/c1-11(2)16-6-3-13(15-16)10-14(17)9-12-4-7-18-8-5-12/h3,6,11-12,14,17H,4-5,7-10H2,1-2H3. The van der Waals surface area contributed by atoms with Crippen molar-refractivity contribution < 1.29 is 5.11 Å². The van der Waals surface area contributed by atoms with Crippen LogP contribution in [0.1, 0.15) is 44.8 Å². The van der Waals surface area contributed by atoms with Gasteiger partial charge in [-0.1, -0.05) is 0 Å². The van der Waals surface area contributed by atoms with E-state index in [1.54, 1.807) is 0 Å². The Balaban J connectivity index is 1.80. The minimum Gasteiger partial charge on any atom is -0.393 e. The number of hydrogen-bond acceptors (Lipinski definition) is 3. The summed E-state index contributed by atoms with van der Waals surface area (Å²) in [6.45, 7) is 4.24. The van der Waals surface area contributed by atoms with Gasteiger partial charge in [0.2, 0.25) is 0 Å².